The zero-order valence-electron chi connectivity index (χ0n) is 17.1. The Morgan fingerprint density at radius 3 is 2.37 bits per heavy atom. The Morgan fingerprint density at radius 2 is 1.83 bits per heavy atom. The first-order valence-electron chi connectivity index (χ1n) is 9.47. The minimum Gasteiger partial charge on any atom is -0.507 e. The molecule has 0 aliphatic carbocycles. The Labute approximate surface area is 173 Å². The third kappa shape index (κ3) is 6.35. The van der Waals surface area contributed by atoms with E-state index < -0.39 is 18.0 Å². The summed E-state index contributed by atoms with van der Waals surface area (Å²) in [5, 5.41) is 24.7. The SMILES string of the molecule is CC(C)(C)c1cc(CNCCCNC(=O)O)c(O)c(-c2ccc(C(F)(F)F)nc2)c1. The highest BCUT2D eigenvalue weighted by Gasteiger charge is 2.32. The van der Waals surface area contributed by atoms with Gasteiger partial charge in [0.05, 0.1) is 0 Å². The maximum atomic E-state index is 12.8. The molecule has 1 aromatic carbocycles. The smallest absolute Gasteiger partial charge is 0.433 e. The van der Waals surface area contributed by atoms with E-state index >= 15 is 0 Å². The van der Waals surface area contributed by atoms with Gasteiger partial charge >= 0.3 is 12.3 Å². The molecule has 0 atom stereocenters. The van der Waals surface area contributed by atoms with Crippen molar-refractivity contribution in [3.63, 3.8) is 0 Å². The van der Waals surface area contributed by atoms with E-state index in [2.05, 4.69) is 15.6 Å². The standard InChI is InChI=1S/C21H26F3N3O3/c1-20(2,3)15-9-14(11-25-7-4-8-26-19(29)30)18(28)16(10-15)13-5-6-17(27-12-13)21(22,23)24/h5-6,9-10,12,25-26,28H,4,7-8,11H2,1-3H3,(H,29,30). The first kappa shape index (κ1) is 23.5. The number of hydrogen-bond acceptors (Lipinski definition) is 4. The molecule has 1 heterocycles. The lowest BCUT2D eigenvalue weighted by atomic mass is 9.84. The molecule has 0 spiro atoms. The van der Waals surface area contributed by atoms with Gasteiger partial charge in [-0.15, -0.1) is 0 Å². The number of carbonyl (C=O) groups is 1. The van der Waals surface area contributed by atoms with Crippen molar-refractivity contribution >= 4 is 6.09 Å². The van der Waals surface area contributed by atoms with Gasteiger partial charge in [0.1, 0.15) is 11.4 Å². The van der Waals surface area contributed by atoms with E-state index in [1.807, 2.05) is 26.8 Å². The predicted molar refractivity (Wildman–Crippen MR) is 107 cm³/mol. The maximum Gasteiger partial charge on any atom is 0.433 e. The van der Waals surface area contributed by atoms with Crippen LogP contribution in [0, 0.1) is 0 Å². The van der Waals surface area contributed by atoms with E-state index in [-0.39, 0.29) is 11.2 Å². The number of benzene rings is 1. The van der Waals surface area contributed by atoms with Crippen molar-refractivity contribution in [1.82, 2.24) is 15.6 Å². The highest BCUT2D eigenvalue weighted by molar-refractivity contribution is 5.72. The van der Waals surface area contributed by atoms with Gasteiger partial charge in [-0.05, 0) is 36.1 Å². The van der Waals surface area contributed by atoms with Crippen LogP contribution < -0.4 is 10.6 Å². The largest absolute Gasteiger partial charge is 0.507 e. The molecular formula is C21H26F3N3O3. The summed E-state index contributed by atoms with van der Waals surface area (Å²) in [7, 11) is 0. The molecule has 0 fully saturated rings. The lowest BCUT2D eigenvalue weighted by Crippen LogP contribution is -2.25. The number of alkyl halides is 3. The fourth-order valence-corrected chi connectivity index (χ4v) is 2.84. The Morgan fingerprint density at radius 1 is 1.13 bits per heavy atom. The molecule has 1 aromatic heterocycles. The second-order valence-corrected chi connectivity index (χ2v) is 7.97. The summed E-state index contributed by atoms with van der Waals surface area (Å²) in [5.41, 5.74) is 1.08. The number of carboxylic acid groups (broad SMARTS) is 1. The summed E-state index contributed by atoms with van der Waals surface area (Å²) in [4.78, 5) is 13.9. The molecule has 4 N–H and O–H groups in total. The van der Waals surface area contributed by atoms with E-state index in [0.717, 1.165) is 17.8 Å². The quantitative estimate of drug-likeness (QED) is 0.490. The normalized spacial score (nSPS) is 12.1. The minimum absolute atomic E-state index is 0.0271. The molecular weight excluding hydrogens is 399 g/mol. The summed E-state index contributed by atoms with van der Waals surface area (Å²) in [6.45, 7) is 7.16. The number of phenolic OH excluding ortho intramolecular Hbond substituents is 1. The van der Waals surface area contributed by atoms with Gasteiger partial charge in [-0.1, -0.05) is 32.9 Å². The summed E-state index contributed by atoms with van der Waals surface area (Å²) in [6.07, 6.45) is -3.93. The van der Waals surface area contributed by atoms with Gasteiger partial charge in [0.2, 0.25) is 0 Å². The average Bonchev–Trinajstić information content (AvgIpc) is 2.64. The molecule has 2 rings (SSSR count). The van der Waals surface area contributed by atoms with E-state index in [0.29, 0.717) is 42.7 Å². The van der Waals surface area contributed by atoms with Gasteiger partial charge in [-0.3, -0.25) is 4.98 Å². The van der Waals surface area contributed by atoms with Crippen LogP contribution in [0.2, 0.25) is 0 Å². The highest BCUT2D eigenvalue weighted by atomic mass is 19.4. The molecule has 0 aliphatic heterocycles. The minimum atomic E-state index is -4.53. The van der Waals surface area contributed by atoms with Gasteiger partial charge in [-0.25, -0.2) is 4.79 Å². The van der Waals surface area contributed by atoms with Crippen LogP contribution in [0.3, 0.4) is 0 Å². The third-order valence-electron chi connectivity index (χ3n) is 4.54. The maximum absolute atomic E-state index is 12.8. The lowest BCUT2D eigenvalue weighted by molar-refractivity contribution is -0.141. The number of nitrogens with zero attached hydrogens (tertiary/aromatic N) is 1. The van der Waals surface area contributed by atoms with Crippen LogP contribution in [-0.4, -0.2) is 34.4 Å². The lowest BCUT2D eigenvalue weighted by Gasteiger charge is -2.23. The van der Waals surface area contributed by atoms with Crippen molar-refractivity contribution in [2.45, 2.75) is 45.3 Å². The second kappa shape index (κ2) is 9.34. The number of phenols is 1. The van der Waals surface area contributed by atoms with Crippen LogP contribution in [0.25, 0.3) is 11.1 Å². The highest BCUT2D eigenvalue weighted by Crippen LogP contribution is 2.38. The Bertz CT molecular complexity index is 876. The molecule has 30 heavy (non-hydrogen) atoms. The van der Waals surface area contributed by atoms with Crippen LogP contribution in [0.15, 0.2) is 30.5 Å². The van der Waals surface area contributed by atoms with Crippen molar-refractivity contribution in [1.29, 1.82) is 0 Å². The van der Waals surface area contributed by atoms with Crippen molar-refractivity contribution in [3.8, 4) is 16.9 Å². The van der Waals surface area contributed by atoms with Crippen molar-refractivity contribution in [2.75, 3.05) is 13.1 Å². The van der Waals surface area contributed by atoms with Crippen LogP contribution in [0.4, 0.5) is 18.0 Å². The Balaban J connectivity index is 2.27. The van der Waals surface area contributed by atoms with Crippen LogP contribution >= 0.6 is 0 Å². The van der Waals surface area contributed by atoms with E-state index in [1.165, 1.54) is 6.07 Å². The second-order valence-electron chi connectivity index (χ2n) is 7.97. The Hall–Kier alpha value is -2.81. The van der Waals surface area contributed by atoms with Crippen molar-refractivity contribution in [3.05, 3.63) is 47.3 Å². The van der Waals surface area contributed by atoms with Crippen LogP contribution in [-0.2, 0) is 18.1 Å². The average molecular weight is 425 g/mol. The van der Waals surface area contributed by atoms with Gasteiger partial charge < -0.3 is 20.8 Å². The van der Waals surface area contributed by atoms with Gasteiger partial charge in [-0.2, -0.15) is 13.2 Å². The molecule has 2 aromatic rings. The first-order chi connectivity index (χ1) is 13.9. The van der Waals surface area contributed by atoms with Gasteiger partial charge in [0.25, 0.3) is 0 Å². The number of nitrogens with one attached hydrogen (secondary N) is 2. The molecule has 6 nitrogen and oxygen atoms in total. The number of rotatable bonds is 7. The third-order valence-corrected chi connectivity index (χ3v) is 4.54. The zero-order chi connectivity index (χ0) is 22.5. The number of aromatic hydroxyl groups is 1. The number of aromatic nitrogens is 1. The summed E-state index contributed by atoms with van der Waals surface area (Å²) in [5.74, 6) is -0.0271. The van der Waals surface area contributed by atoms with Gasteiger partial charge in [0.15, 0.2) is 0 Å². The first-order valence-corrected chi connectivity index (χ1v) is 9.47. The molecule has 1 amide bonds. The molecule has 0 bridgehead atoms. The van der Waals surface area contributed by atoms with Crippen LogP contribution in [0.5, 0.6) is 5.75 Å². The summed E-state index contributed by atoms with van der Waals surface area (Å²) in [6, 6.07) is 5.82. The monoisotopic (exact) mass is 425 g/mol. The molecule has 164 valence electrons. The van der Waals surface area contributed by atoms with Crippen molar-refractivity contribution in [2.24, 2.45) is 0 Å². The predicted octanol–water partition coefficient (Wildman–Crippen LogP) is 4.52. The van der Waals surface area contributed by atoms with E-state index in [9.17, 15) is 23.1 Å². The van der Waals surface area contributed by atoms with Crippen LogP contribution in [0.1, 0.15) is 44.0 Å². The fraction of sp³-hybridized carbons (Fsp3) is 0.429. The molecule has 0 saturated carbocycles. The molecule has 0 radical (unpaired) electrons. The van der Waals surface area contributed by atoms with E-state index in [4.69, 9.17) is 5.11 Å². The number of hydrogen-bond donors (Lipinski definition) is 4. The molecule has 0 unspecified atom stereocenters. The summed E-state index contributed by atoms with van der Waals surface area (Å²) < 4.78 is 38.4. The topological polar surface area (TPSA) is 94.5 Å². The van der Waals surface area contributed by atoms with Crippen molar-refractivity contribution < 1.29 is 28.2 Å². The van der Waals surface area contributed by atoms with E-state index in [1.54, 1.807) is 6.07 Å². The molecule has 0 aliphatic rings. The molecule has 0 saturated heterocycles. The fourth-order valence-electron chi connectivity index (χ4n) is 2.84. The zero-order valence-corrected chi connectivity index (χ0v) is 17.1. The summed E-state index contributed by atoms with van der Waals surface area (Å²) >= 11 is 0. The molecule has 9 heteroatoms. The van der Waals surface area contributed by atoms with Gasteiger partial charge in [0, 0.05) is 36.0 Å². The number of pyridine rings is 1. The number of amides is 1. The number of halogens is 3. The Kier molecular flexibility index (Phi) is 7.30.